The number of benzene rings is 1. The van der Waals surface area contributed by atoms with Crippen LogP contribution in [0.3, 0.4) is 0 Å². The third kappa shape index (κ3) is 3.21. The molecule has 1 unspecified atom stereocenters. The van der Waals surface area contributed by atoms with Crippen molar-refractivity contribution in [1.29, 1.82) is 0 Å². The Labute approximate surface area is 157 Å². The van der Waals surface area contributed by atoms with Crippen molar-refractivity contribution in [3.8, 4) is 0 Å². The fraction of sp³-hybridized carbons (Fsp3) is 0.429. The Balaban J connectivity index is 1.65. The van der Waals surface area contributed by atoms with Gasteiger partial charge in [0.05, 0.1) is 12.4 Å². The molecular formula is C21H26N3OS+. The first-order valence-electron chi connectivity index (χ1n) is 9.43. The van der Waals surface area contributed by atoms with E-state index in [0.29, 0.717) is 5.92 Å². The zero-order valence-electron chi connectivity index (χ0n) is 15.6. The van der Waals surface area contributed by atoms with Gasteiger partial charge in [-0.3, -0.25) is 4.79 Å². The molecule has 2 N–H and O–H groups in total. The molecule has 0 amide bonds. The number of thiophene rings is 1. The van der Waals surface area contributed by atoms with Gasteiger partial charge in [0, 0.05) is 10.4 Å². The molecule has 1 aliphatic carbocycles. The summed E-state index contributed by atoms with van der Waals surface area (Å²) < 4.78 is 0. The maximum atomic E-state index is 12.8. The third-order valence-electron chi connectivity index (χ3n) is 5.66. The molecule has 0 saturated heterocycles. The zero-order chi connectivity index (χ0) is 18.3. The molecule has 3 atom stereocenters. The van der Waals surface area contributed by atoms with Gasteiger partial charge in [-0.05, 0) is 37.7 Å². The number of aromatic amines is 1. The lowest BCUT2D eigenvalue weighted by molar-refractivity contribution is -0.924. The lowest BCUT2D eigenvalue weighted by Crippen LogP contribution is -3.07. The van der Waals surface area contributed by atoms with Crippen molar-refractivity contribution in [3.05, 3.63) is 62.5 Å². The number of aryl methyl sites for hydroxylation is 1. The van der Waals surface area contributed by atoms with Crippen molar-refractivity contribution in [2.75, 3.05) is 7.05 Å². The van der Waals surface area contributed by atoms with Crippen LogP contribution in [-0.2, 0) is 19.4 Å². The summed E-state index contributed by atoms with van der Waals surface area (Å²) in [6.07, 6.45) is 3.26. The average molecular weight is 369 g/mol. The minimum absolute atomic E-state index is 0.0383. The number of fused-ring (bicyclic) bond motifs is 3. The summed E-state index contributed by atoms with van der Waals surface area (Å²) in [7, 11) is 2.16. The molecule has 0 saturated carbocycles. The van der Waals surface area contributed by atoms with Crippen LogP contribution in [0.1, 0.15) is 48.1 Å². The predicted molar refractivity (Wildman–Crippen MR) is 107 cm³/mol. The van der Waals surface area contributed by atoms with Crippen LogP contribution in [0.5, 0.6) is 0 Å². The van der Waals surface area contributed by atoms with Crippen LogP contribution in [0.4, 0.5) is 0 Å². The Hall–Kier alpha value is -1.98. The number of quaternary nitrogens is 1. The monoisotopic (exact) mass is 368 g/mol. The third-order valence-corrected chi connectivity index (χ3v) is 6.81. The first-order valence-corrected chi connectivity index (χ1v) is 10.2. The number of hydrogen-bond donors (Lipinski definition) is 2. The quantitative estimate of drug-likeness (QED) is 0.744. The molecule has 4 rings (SSSR count). The Bertz CT molecular complexity index is 976. The first-order chi connectivity index (χ1) is 12.5. The Kier molecular flexibility index (Phi) is 4.67. The number of aromatic nitrogens is 2. The molecule has 4 nitrogen and oxygen atoms in total. The van der Waals surface area contributed by atoms with E-state index in [1.807, 2.05) is 6.07 Å². The zero-order valence-corrected chi connectivity index (χ0v) is 16.5. The van der Waals surface area contributed by atoms with Gasteiger partial charge in [-0.15, -0.1) is 11.3 Å². The fourth-order valence-corrected chi connectivity index (χ4v) is 5.27. The second kappa shape index (κ2) is 6.97. The van der Waals surface area contributed by atoms with Gasteiger partial charge in [0.1, 0.15) is 17.4 Å². The molecule has 1 aromatic carbocycles. The number of nitrogens with zero attached hydrogens (tertiary/aromatic N) is 1. The van der Waals surface area contributed by atoms with E-state index >= 15 is 0 Å². The highest BCUT2D eigenvalue weighted by molar-refractivity contribution is 7.18. The highest BCUT2D eigenvalue weighted by Crippen LogP contribution is 2.35. The molecule has 5 heteroatoms. The molecule has 0 aliphatic heterocycles. The largest absolute Gasteiger partial charge is 0.325 e. The van der Waals surface area contributed by atoms with Crippen molar-refractivity contribution < 1.29 is 4.90 Å². The maximum Gasteiger partial charge on any atom is 0.260 e. The standard InChI is InChI=1S/C21H25N3OS/c1-13-9-10-16-17(11-13)26-21-18(16)20(25)22-19(23-21)14(2)24(3)12-15-7-5-4-6-8-15/h4-8,13-14H,9-12H2,1-3H3,(H,22,23,25)/p+1/t13-,14+/m1/s1. The van der Waals surface area contributed by atoms with E-state index in [1.54, 1.807) is 11.3 Å². The summed E-state index contributed by atoms with van der Waals surface area (Å²) in [4.78, 5) is 24.4. The van der Waals surface area contributed by atoms with Crippen LogP contribution in [-0.4, -0.2) is 17.0 Å². The van der Waals surface area contributed by atoms with Crippen LogP contribution < -0.4 is 10.5 Å². The lowest BCUT2D eigenvalue weighted by atomic mass is 9.89. The van der Waals surface area contributed by atoms with Crippen LogP contribution in [0.15, 0.2) is 35.1 Å². The Morgan fingerprint density at radius 3 is 2.88 bits per heavy atom. The van der Waals surface area contributed by atoms with Gasteiger partial charge in [0.15, 0.2) is 5.82 Å². The number of rotatable bonds is 4. The molecular weight excluding hydrogens is 342 g/mol. The maximum absolute atomic E-state index is 12.8. The summed E-state index contributed by atoms with van der Waals surface area (Å²) in [5.74, 6) is 1.50. The smallest absolute Gasteiger partial charge is 0.260 e. The predicted octanol–water partition coefficient (Wildman–Crippen LogP) is 2.89. The highest BCUT2D eigenvalue weighted by Gasteiger charge is 2.25. The van der Waals surface area contributed by atoms with Gasteiger partial charge >= 0.3 is 0 Å². The van der Waals surface area contributed by atoms with E-state index in [-0.39, 0.29) is 11.6 Å². The van der Waals surface area contributed by atoms with E-state index in [9.17, 15) is 4.79 Å². The SMILES string of the molecule is C[C@@H]1CCc2c(sc3nc([C@H](C)[NH+](C)Cc4ccccc4)[nH]c(=O)c23)C1. The Morgan fingerprint density at radius 1 is 1.35 bits per heavy atom. The Morgan fingerprint density at radius 2 is 2.12 bits per heavy atom. The van der Waals surface area contributed by atoms with Crippen molar-refractivity contribution >= 4 is 21.6 Å². The van der Waals surface area contributed by atoms with Crippen molar-refractivity contribution in [1.82, 2.24) is 9.97 Å². The molecule has 0 fully saturated rings. The molecule has 1 aliphatic rings. The lowest BCUT2D eigenvalue weighted by Gasteiger charge is -2.21. The van der Waals surface area contributed by atoms with Crippen LogP contribution >= 0.6 is 11.3 Å². The van der Waals surface area contributed by atoms with E-state index in [0.717, 1.165) is 35.4 Å². The van der Waals surface area contributed by atoms with Crippen LogP contribution in [0.25, 0.3) is 10.2 Å². The molecule has 0 spiro atoms. The van der Waals surface area contributed by atoms with E-state index in [2.05, 4.69) is 50.1 Å². The summed E-state index contributed by atoms with van der Waals surface area (Å²) in [6, 6.07) is 10.6. The minimum atomic E-state index is 0.0383. The summed E-state index contributed by atoms with van der Waals surface area (Å²) in [5, 5.41) is 0.841. The topological polar surface area (TPSA) is 50.2 Å². The molecule has 2 heterocycles. The number of H-pyrrole nitrogens is 1. The van der Waals surface area contributed by atoms with Crippen molar-refractivity contribution in [2.45, 2.75) is 45.7 Å². The molecule has 26 heavy (non-hydrogen) atoms. The van der Waals surface area contributed by atoms with Gasteiger partial charge in [-0.25, -0.2) is 4.98 Å². The second-order valence-corrected chi connectivity index (χ2v) is 8.80. The molecule has 0 radical (unpaired) electrons. The molecule has 136 valence electrons. The summed E-state index contributed by atoms with van der Waals surface area (Å²) in [5.41, 5.74) is 2.58. The highest BCUT2D eigenvalue weighted by atomic mass is 32.1. The molecule has 3 aromatic rings. The summed E-state index contributed by atoms with van der Waals surface area (Å²) in [6.45, 7) is 5.33. The van der Waals surface area contributed by atoms with Crippen molar-refractivity contribution in [2.24, 2.45) is 5.92 Å². The minimum Gasteiger partial charge on any atom is -0.325 e. The van der Waals surface area contributed by atoms with Crippen molar-refractivity contribution in [3.63, 3.8) is 0 Å². The van der Waals surface area contributed by atoms with Gasteiger partial charge in [-0.2, -0.15) is 0 Å². The van der Waals surface area contributed by atoms with Gasteiger partial charge in [0.25, 0.3) is 5.56 Å². The van der Waals surface area contributed by atoms with Gasteiger partial charge < -0.3 is 9.88 Å². The second-order valence-electron chi connectivity index (χ2n) is 7.71. The molecule has 0 bridgehead atoms. The molecule has 2 aromatic heterocycles. The van der Waals surface area contributed by atoms with Crippen LogP contribution in [0, 0.1) is 5.92 Å². The van der Waals surface area contributed by atoms with Crippen LogP contribution in [0.2, 0.25) is 0 Å². The van der Waals surface area contributed by atoms with E-state index < -0.39 is 0 Å². The first kappa shape index (κ1) is 17.4. The normalized spacial score (nSPS) is 19.3. The summed E-state index contributed by atoms with van der Waals surface area (Å²) >= 11 is 1.72. The van der Waals surface area contributed by atoms with E-state index in [1.165, 1.54) is 27.3 Å². The van der Waals surface area contributed by atoms with Gasteiger partial charge in [0.2, 0.25) is 0 Å². The fourth-order valence-electron chi connectivity index (χ4n) is 3.87. The number of nitrogens with one attached hydrogen (secondary N) is 2. The van der Waals surface area contributed by atoms with E-state index in [4.69, 9.17) is 4.98 Å². The number of hydrogen-bond acceptors (Lipinski definition) is 3. The van der Waals surface area contributed by atoms with Gasteiger partial charge in [-0.1, -0.05) is 37.3 Å². The average Bonchev–Trinajstić information content (AvgIpc) is 2.99.